The number of hydrogen-bond acceptors (Lipinski definition) is 6. The molecule has 0 fully saturated rings. The molecular weight excluding hydrogens is 579 g/mol. The molecule has 0 N–H and O–H groups in total. The molecular formula is C35H43NO5S2. The van der Waals surface area contributed by atoms with Crippen LogP contribution in [-0.2, 0) is 21.0 Å². The number of rotatable bonds is 7. The highest BCUT2D eigenvalue weighted by Crippen LogP contribution is 2.34. The van der Waals surface area contributed by atoms with Gasteiger partial charge in [-0.15, -0.1) is 0 Å². The minimum Gasteiger partial charge on any atom is -0.744 e. The second-order valence-electron chi connectivity index (χ2n) is 12.3. The average molecular weight is 622 g/mol. The Morgan fingerprint density at radius 1 is 0.605 bits per heavy atom. The van der Waals surface area contributed by atoms with Gasteiger partial charge in [0.05, 0.1) is 15.8 Å². The smallest absolute Gasteiger partial charge is 0.166 e. The quantitative estimate of drug-likeness (QED) is 0.153. The van der Waals surface area contributed by atoms with E-state index < -0.39 is 10.1 Å². The Balaban J connectivity index is 0.000000386. The first-order valence-corrected chi connectivity index (χ1v) is 16.7. The van der Waals surface area contributed by atoms with Crippen molar-refractivity contribution in [1.29, 1.82) is 0 Å². The van der Waals surface area contributed by atoms with Gasteiger partial charge in [-0.25, -0.2) is 8.42 Å². The molecule has 0 unspecified atom stereocenters. The summed E-state index contributed by atoms with van der Waals surface area (Å²) in [6, 6.07) is 31.7. The van der Waals surface area contributed by atoms with E-state index in [1.165, 1.54) is 32.5 Å². The number of hydrogen-bond donors (Lipinski definition) is 0. The molecule has 0 aliphatic heterocycles. The van der Waals surface area contributed by atoms with E-state index in [0.717, 1.165) is 17.1 Å². The summed E-state index contributed by atoms with van der Waals surface area (Å²) in [4.78, 5) is 5.74. The van der Waals surface area contributed by atoms with Crippen LogP contribution in [0.5, 0.6) is 11.5 Å². The molecule has 230 valence electrons. The maximum atomic E-state index is 10.4. The lowest BCUT2D eigenvalue weighted by molar-refractivity contribution is 0.130. The molecule has 4 rings (SSSR count). The normalized spacial score (nSPS) is 11.9. The first-order chi connectivity index (χ1) is 19.9. The molecule has 0 radical (unpaired) electrons. The molecule has 0 bridgehead atoms. The van der Waals surface area contributed by atoms with Gasteiger partial charge in [-0.3, -0.25) is 0 Å². The third-order valence-corrected chi connectivity index (χ3v) is 8.95. The second kappa shape index (κ2) is 13.9. The minimum absolute atomic E-state index is 0.178. The molecule has 6 nitrogen and oxygen atoms in total. The van der Waals surface area contributed by atoms with Gasteiger partial charge in [0, 0.05) is 19.8 Å². The Morgan fingerprint density at radius 2 is 0.953 bits per heavy atom. The molecule has 0 saturated carbocycles. The maximum Gasteiger partial charge on any atom is 0.166 e. The summed E-state index contributed by atoms with van der Waals surface area (Å²) >= 11 is 0. The van der Waals surface area contributed by atoms with Crippen molar-refractivity contribution in [1.82, 2.24) is 0 Å². The molecule has 0 aliphatic carbocycles. The summed E-state index contributed by atoms with van der Waals surface area (Å²) < 4.78 is 43.2. The van der Waals surface area contributed by atoms with Crippen molar-refractivity contribution >= 4 is 26.7 Å². The van der Waals surface area contributed by atoms with Gasteiger partial charge in [-0.1, -0.05) is 17.7 Å². The molecule has 8 heteroatoms. The summed E-state index contributed by atoms with van der Waals surface area (Å²) in [6.07, 6.45) is 0. The monoisotopic (exact) mass is 621 g/mol. The highest BCUT2D eigenvalue weighted by molar-refractivity contribution is 7.97. The van der Waals surface area contributed by atoms with Crippen LogP contribution in [0.25, 0.3) is 0 Å². The van der Waals surface area contributed by atoms with Crippen molar-refractivity contribution in [2.75, 3.05) is 19.0 Å². The van der Waals surface area contributed by atoms with Gasteiger partial charge >= 0.3 is 0 Å². The molecule has 0 saturated heterocycles. The van der Waals surface area contributed by atoms with Gasteiger partial charge in [0.25, 0.3) is 0 Å². The van der Waals surface area contributed by atoms with E-state index in [2.05, 4.69) is 133 Å². The zero-order valence-electron chi connectivity index (χ0n) is 26.5. The van der Waals surface area contributed by atoms with Gasteiger partial charge in [0.1, 0.15) is 32.8 Å². The largest absolute Gasteiger partial charge is 0.744 e. The van der Waals surface area contributed by atoms with Crippen molar-refractivity contribution in [3.63, 3.8) is 0 Å². The van der Waals surface area contributed by atoms with Crippen molar-refractivity contribution in [3.8, 4) is 11.5 Å². The lowest BCUT2D eigenvalue weighted by Gasteiger charge is -2.21. The minimum atomic E-state index is -4.27. The van der Waals surface area contributed by atoms with E-state index in [-0.39, 0.29) is 27.0 Å². The third kappa shape index (κ3) is 11.0. The SMILES string of the molecule is CN(C)c1ccc([S+](c2ccc(OC(C)(C)C)cc2)c2ccc(OC(C)(C)C)cc2)cc1.Cc1ccc(S(=O)(=O)[O-])cc1. The Kier molecular flexibility index (Phi) is 11.0. The first kappa shape index (κ1) is 34.0. The Hall–Kier alpha value is -3.46. The van der Waals surface area contributed by atoms with Crippen LogP contribution < -0.4 is 14.4 Å². The van der Waals surface area contributed by atoms with Gasteiger partial charge in [0.15, 0.2) is 14.7 Å². The zero-order chi connectivity index (χ0) is 32.0. The summed E-state index contributed by atoms with van der Waals surface area (Å²) in [7, 11) is -0.366. The summed E-state index contributed by atoms with van der Waals surface area (Å²) in [5, 5.41) is 0. The van der Waals surface area contributed by atoms with Crippen LogP contribution in [0.4, 0.5) is 5.69 Å². The topological polar surface area (TPSA) is 78.9 Å². The summed E-state index contributed by atoms with van der Waals surface area (Å²) in [5.74, 6) is 1.78. The number of anilines is 1. The Bertz CT molecular complexity index is 1490. The van der Waals surface area contributed by atoms with Crippen molar-refractivity contribution in [3.05, 3.63) is 103 Å². The number of ether oxygens (including phenoxy) is 2. The van der Waals surface area contributed by atoms with Crippen molar-refractivity contribution in [2.24, 2.45) is 0 Å². The number of nitrogens with zero attached hydrogens (tertiary/aromatic N) is 1. The van der Waals surface area contributed by atoms with E-state index in [0.29, 0.717) is 0 Å². The molecule has 0 heterocycles. The lowest BCUT2D eigenvalue weighted by Crippen LogP contribution is -2.23. The predicted molar refractivity (Wildman–Crippen MR) is 176 cm³/mol. The van der Waals surface area contributed by atoms with Gasteiger partial charge in [-0.05, 0) is 133 Å². The lowest BCUT2D eigenvalue weighted by atomic mass is 10.2. The Labute approximate surface area is 260 Å². The van der Waals surface area contributed by atoms with Gasteiger partial charge < -0.3 is 18.9 Å². The molecule has 0 spiro atoms. The average Bonchev–Trinajstić information content (AvgIpc) is 2.89. The molecule has 43 heavy (non-hydrogen) atoms. The van der Waals surface area contributed by atoms with Crippen molar-refractivity contribution < 1.29 is 22.4 Å². The van der Waals surface area contributed by atoms with E-state index in [1.807, 2.05) is 6.92 Å². The fraction of sp³-hybridized carbons (Fsp3) is 0.314. The molecule has 0 aliphatic rings. The van der Waals surface area contributed by atoms with E-state index in [4.69, 9.17) is 9.47 Å². The second-order valence-corrected chi connectivity index (χ2v) is 15.7. The van der Waals surface area contributed by atoms with E-state index in [1.54, 1.807) is 12.1 Å². The zero-order valence-corrected chi connectivity index (χ0v) is 28.2. The van der Waals surface area contributed by atoms with E-state index in [9.17, 15) is 13.0 Å². The van der Waals surface area contributed by atoms with Crippen LogP contribution in [0.1, 0.15) is 47.1 Å². The van der Waals surface area contributed by atoms with Crippen LogP contribution in [0.3, 0.4) is 0 Å². The van der Waals surface area contributed by atoms with Gasteiger partial charge in [-0.2, -0.15) is 0 Å². The summed E-state index contributed by atoms with van der Waals surface area (Å²) in [5.41, 5.74) is 1.69. The highest BCUT2D eigenvalue weighted by atomic mass is 32.2. The van der Waals surface area contributed by atoms with Crippen LogP contribution in [0, 0.1) is 6.92 Å². The van der Waals surface area contributed by atoms with Gasteiger partial charge in [0.2, 0.25) is 0 Å². The van der Waals surface area contributed by atoms with Crippen LogP contribution in [0.15, 0.2) is 117 Å². The van der Waals surface area contributed by atoms with Crippen molar-refractivity contribution in [2.45, 2.75) is 79.3 Å². The molecule has 0 amide bonds. The fourth-order valence-electron chi connectivity index (χ4n) is 3.99. The van der Waals surface area contributed by atoms with Crippen LogP contribution in [-0.4, -0.2) is 38.3 Å². The predicted octanol–water partition coefficient (Wildman–Crippen LogP) is 8.10. The van der Waals surface area contributed by atoms with Crippen LogP contribution >= 0.6 is 0 Å². The number of benzene rings is 4. The standard InChI is InChI=1S/C28H36NO2S.C7H8O3S/c1-27(2,3)30-22-11-17-25(18-12-22)32(24-15-9-21(10-16-24)29(7)8)26-19-13-23(14-20-26)31-28(4,5)6;1-6-2-4-7(5-3-6)11(8,9)10/h9-20H,1-8H3;2-5H,1H3,(H,8,9,10)/q+1;/p-1. The Morgan fingerprint density at radius 3 is 1.26 bits per heavy atom. The highest BCUT2D eigenvalue weighted by Gasteiger charge is 2.29. The molecule has 4 aromatic carbocycles. The summed E-state index contributed by atoms with van der Waals surface area (Å²) in [6.45, 7) is 14.2. The third-order valence-electron chi connectivity index (χ3n) is 5.87. The first-order valence-electron chi connectivity index (χ1n) is 14.0. The van der Waals surface area contributed by atoms with E-state index >= 15 is 0 Å². The maximum absolute atomic E-state index is 10.4. The fourth-order valence-corrected chi connectivity index (χ4v) is 6.50. The number of aryl methyl sites for hydroxylation is 1. The molecule has 0 aromatic heterocycles. The van der Waals surface area contributed by atoms with Crippen LogP contribution in [0.2, 0.25) is 0 Å². The molecule has 4 aromatic rings. The molecule has 0 atom stereocenters.